The first-order valence-corrected chi connectivity index (χ1v) is 12.6. The highest BCUT2D eigenvalue weighted by Crippen LogP contribution is 2.33. The number of ketones is 1. The van der Waals surface area contributed by atoms with E-state index in [1.807, 2.05) is 26.1 Å². The first-order chi connectivity index (χ1) is 18.9. The molecule has 0 aliphatic carbocycles. The largest absolute Gasteiger partial charge is 0.481 e. The summed E-state index contributed by atoms with van der Waals surface area (Å²) in [6.45, 7) is 5.54. The van der Waals surface area contributed by atoms with Gasteiger partial charge in [0.2, 0.25) is 17.5 Å². The van der Waals surface area contributed by atoms with E-state index in [1.54, 1.807) is 24.3 Å². The van der Waals surface area contributed by atoms with Crippen LogP contribution in [-0.2, 0) is 29.4 Å². The van der Waals surface area contributed by atoms with Crippen molar-refractivity contribution in [3.8, 4) is 5.75 Å². The zero-order valence-electron chi connectivity index (χ0n) is 22.2. The Morgan fingerprint density at radius 1 is 0.927 bits per heavy atom. The molecule has 3 amide bonds. The maximum Gasteiger partial charge on any atom is 0.313 e. The number of nitrogens with one attached hydrogen (secondary N) is 3. The number of carbonyl (C=O) groups is 5. The molecule has 0 aliphatic heterocycles. The second kappa shape index (κ2) is 13.6. The summed E-state index contributed by atoms with van der Waals surface area (Å²) in [5.74, 6) is -15.4. The third-order valence-corrected chi connectivity index (χ3v) is 6.24. The molecule has 0 unspecified atom stereocenters. The first kappa shape index (κ1) is 33.2. The molecule has 4 N–H and O–H groups in total. The van der Waals surface area contributed by atoms with E-state index in [9.17, 15) is 41.5 Å². The number of carbonyl (C=O) groups excluding carboxylic acids is 4. The Labute approximate surface area is 239 Å². The number of hydrogen-bond donors (Lipinski definition) is 4. The number of hydrogen-bond acceptors (Lipinski definition) is 6. The van der Waals surface area contributed by atoms with E-state index < -0.39 is 88.1 Å². The van der Waals surface area contributed by atoms with Crippen LogP contribution in [0.2, 0.25) is 0 Å². The smallest absolute Gasteiger partial charge is 0.313 e. The summed E-state index contributed by atoms with van der Waals surface area (Å²) in [5.41, 5.74) is 0.723. The number of ether oxygens (including phenoxy) is 1. The molecule has 0 saturated carbocycles. The summed E-state index contributed by atoms with van der Waals surface area (Å²) in [7, 11) is 0. The maximum absolute atomic E-state index is 14.0. The molecule has 2 aromatic carbocycles. The maximum atomic E-state index is 14.0. The fourth-order valence-corrected chi connectivity index (χ4v) is 3.77. The van der Waals surface area contributed by atoms with Gasteiger partial charge in [0.05, 0.1) is 10.9 Å². The number of rotatable bonds is 10. The molecule has 0 spiro atoms. The first-order valence-electron chi connectivity index (χ1n) is 11.9. The van der Waals surface area contributed by atoms with Gasteiger partial charge in [-0.05, 0) is 39.9 Å². The zero-order chi connectivity index (χ0) is 31.2. The van der Waals surface area contributed by atoms with Gasteiger partial charge in [-0.25, -0.2) is 8.78 Å². The molecule has 2 atom stereocenters. The van der Waals surface area contributed by atoms with E-state index in [4.69, 9.17) is 5.11 Å². The normalized spacial score (nSPS) is 12.6. The molecule has 2 aromatic rings. The van der Waals surface area contributed by atoms with Crippen LogP contribution >= 0.6 is 15.9 Å². The van der Waals surface area contributed by atoms with Gasteiger partial charge in [0.25, 0.3) is 0 Å². The summed E-state index contributed by atoms with van der Waals surface area (Å²) in [5, 5.41) is 15.7. The number of aliphatic carboxylic acids is 1. The number of anilines is 1. The molecule has 0 heterocycles. The molecule has 0 fully saturated rings. The molecule has 0 aliphatic rings. The van der Waals surface area contributed by atoms with Crippen molar-refractivity contribution in [1.82, 2.24) is 10.6 Å². The summed E-state index contributed by atoms with van der Waals surface area (Å²) in [6.07, 6.45) is -1.02. The third kappa shape index (κ3) is 8.49. The minimum atomic E-state index is -1.96. The van der Waals surface area contributed by atoms with Gasteiger partial charge in [-0.3, -0.25) is 24.0 Å². The predicted molar refractivity (Wildman–Crippen MR) is 140 cm³/mol. The van der Waals surface area contributed by atoms with Crippen LogP contribution in [-0.4, -0.2) is 53.3 Å². The molecule has 15 heteroatoms. The molecule has 10 nitrogen and oxygen atoms in total. The molecular formula is C26H26BrF4N3O7. The number of Topliss-reactive ketones (excluding diaryl/α,β-unsaturated/α-hetero) is 1. The highest BCUT2D eigenvalue weighted by molar-refractivity contribution is 9.10. The van der Waals surface area contributed by atoms with Crippen molar-refractivity contribution in [2.45, 2.75) is 51.6 Å². The quantitative estimate of drug-likeness (QED) is 0.134. The Morgan fingerprint density at radius 3 is 2.02 bits per heavy atom. The minimum Gasteiger partial charge on any atom is -0.481 e. The monoisotopic (exact) mass is 647 g/mol. The lowest BCUT2D eigenvalue weighted by molar-refractivity contribution is -0.141. The van der Waals surface area contributed by atoms with Crippen molar-refractivity contribution in [3.05, 3.63) is 57.6 Å². The SMILES string of the molecule is C[C@H](NC(=O)C(=O)Nc1ccccc1C(C)(C)C)C(=O)N[C@@H](CC(=O)O)C(=O)COc1c(F)c(F)c(Br)c(F)c1F. The van der Waals surface area contributed by atoms with E-state index in [1.165, 1.54) is 0 Å². The second-order valence-corrected chi connectivity index (χ2v) is 10.6. The number of carboxylic acids is 1. The Morgan fingerprint density at radius 2 is 1.49 bits per heavy atom. The Bertz CT molecular complexity index is 1350. The van der Waals surface area contributed by atoms with Gasteiger partial charge in [0.15, 0.2) is 23.2 Å². The summed E-state index contributed by atoms with van der Waals surface area (Å²) >= 11 is 2.32. The standard InChI is InChI=1S/C26H26BrF4N3O7/c1-11(32-24(39)25(40)33-13-8-6-5-7-12(13)26(2,3)4)23(38)34-14(9-16(36)37)15(35)10-41-22-20(30)18(28)17(27)19(29)21(22)31/h5-8,11,14H,9-10H2,1-4H3,(H,32,39)(H,33,40)(H,34,38)(H,36,37)/t11-,14-/m0/s1. The fraction of sp³-hybridized carbons (Fsp3) is 0.346. The van der Waals surface area contributed by atoms with Crippen LogP contribution in [0.4, 0.5) is 23.2 Å². The van der Waals surface area contributed by atoms with E-state index in [-0.39, 0.29) is 5.41 Å². The van der Waals surface area contributed by atoms with Crippen molar-refractivity contribution < 1.29 is 51.4 Å². The number of para-hydroxylation sites is 1. The predicted octanol–water partition coefficient (Wildman–Crippen LogP) is 3.35. The van der Waals surface area contributed by atoms with E-state index >= 15 is 0 Å². The zero-order valence-corrected chi connectivity index (χ0v) is 23.8. The van der Waals surface area contributed by atoms with Gasteiger partial charge in [0.1, 0.15) is 18.7 Å². The summed E-state index contributed by atoms with van der Waals surface area (Å²) < 4.78 is 58.8. The Kier molecular flexibility index (Phi) is 11.0. The molecule has 0 aromatic heterocycles. The fourth-order valence-electron chi connectivity index (χ4n) is 3.43. The average Bonchev–Trinajstić information content (AvgIpc) is 2.89. The van der Waals surface area contributed by atoms with E-state index in [2.05, 4.69) is 31.3 Å². The molecule has 0 saturated heterocycles. The van der Waals surface area contributed by atoms with E-state index in [0.717, 1.165) is 12.5 Å². The molecule has 222 valence electrons. The lowest BCUT2D eigenvalue weighted by Crippen LogP contribution is -2.53. The highest BCUT2D eigenvalue weighted by Gasteiger charge is 2.30. The van der Waals surface area contributed by atoms with Gasteiger partial charge >= 0.3 is 17.8 Å². The molecule has 0 radical (unpaired) electrons. The number of amides is 3. The van der Waals surface area contributed by atoms with Crippen LogP contribution in [0, 0.1) is 23.3 Å². The topological polar surface area (TPSA) is 151 Å². The van der Waals surface area contributed by atoms with Gasteiger partial charge in [-0.2, -0.15) is 8.78 Å². The Balaban J connectivity index is 2.08. The van der Waals surface area contributed by atoms with Crippen molar-refractivity contribution in [2.24, 2.45) is 0 Å². The summed E-state index contributed by atoms with van der Waals surface area (Å²) in [4.78, 5) is 61.2. The average molecular weight is 648 g/mol. The lowest BCUT2D eigenvalue weighted by atomic mass is 9.86. The number of benzene rings is 2. The minimum absolute atomic E-state index is 0.364. The lowest BCUT2D eigenvalue weighted by Gasteiger charge is -2.23. The van der Waals surface area contributed by atoms with Gasteiger partial charge in [0, 0.05) is 5.69 Å². The number of halogens is 5. The Hall–Kier alpha value is -4.01. The van der Waals surface area contributed by atoms with Gasteiger partial charge < -0.3 is 25.8 Å². The molecular weight excluding hydrogens is 622 g/mol. The second-order valence-electron chi connectivity index (χ2n) is 9.76. The summed E-state index contributed by atoms with van der Waals surface area (Å²) in [6, 6.07) is 3.45. The molecule has 41 heavy (non-hydrogen) atoms. The highest BCUT2D eigenvalue weighted by atomic mass is 79.9. The van der Waals surface area contributed by atoms with Gasteiger partial charge in [-0.1, -0.05) is 39.0 Å². The van der Waals surface area contributed by atoms with Crippen molar-refractivity contribution in [3.63, 3.8) is 0 Å². The van der Waals surface area contributed by atoms with Gasteiger partial charge in [-0.15, -0.1) is 0 Å². The van der Waals surface area contributed by atoms with Crippen LogP contribution in [0.15, 0.2) is 28.7 Å². The van der Waals surface area contributed by atoms with Crippen molar-refractivity contribution in [2.75, 3.05) is 11.9 Å². The number of carboxylic acid groups (broad SMARTS) is 1. The van der Waals surface area contributed by atoms with Crippen LogP contribution in [0.1, 0.15) is 39.7 Å². The van der Waals surface area contributed by atoms with Crippen LogP contribution in [0.25, 0.3) is 0 Å². The van der Waals surface area contributed by atoms with Crippen molar-refractivity contribution >= 4 is 51.1 Å². The molecule has 0 bridgehead atoms. The van der Waals surface area contributed by atoms with Crippen LogP contribution in [0.5, 0.6) is 5.75 Å². The third-order valence-electron chi connectivity index (χ3n) is 5.54. The molecule has 2 rings (SSSR count). The van der Waals surface area contributed by atoms with Crippen LogP contribution < -0.4 is 20.7 Å². The van der Waals surface area contributed by atoms with E-state index in [0.29, 0.717) is 5.69 Å². The van der Waals surface area contributed by atoms with Crippen molar-refractivity contribution in [1.29, 1.82) is 0 Å². The van der Waals surface area contributed by atoms with Crippen LogP contribution in [0.3, 0.4) is 0 Å².